The molecule has 0 fully saturated rings. The molecule has 3 rings (SSSR count). The van der Waals surface area contributed by atoms with Crippen LogP contribution in [0.25, 0.3) is 0 Å². The maximum atomic E-state index is 12.4. The summed E-state index contributed by atoms with van der Waals surface area (Å²) in [6.07, 6.45) is 0. The van der Waals surface area contributed by atoms with Gasteiger partial charge < -0.3 is 9.26 Å². The van der Waals surface area contributed by atoms with Crippen LogP contribution in [0.3, 0.4) is 0 Å². The van der Waals surface area contributed by atoms with Gasteiger partial charge in [0.25, 0.3) is 17.7 Å². The van der Waals surface area contributed by atoms with E-state index in [1.807, 2.05) is 0 Å². The van der Waals surface area contributed by atoms with E-state index in [1.54, 1.807) is 19.1 Å². The molecule has 0 N–H and O–H groups in total. The number of fused-ring (bicyclic) bond motifs is 1. The number of imide groups is 1. The summed E-state index contributed by atoms with van der Waals surface area (Å²) in [5, 5.41) is 0. The summed E-state index contributed by atoms with van der Waals surface area (Å²) >= 11 is 0. The third-order valence-electron chi connectivity index (χ3n) is 3.92. The summed E-state index contributed by atoms with van der Waals surface area (Å²) < 4.78 is 10.1. The molecule has 0 aliphatic carbocycles. The fourth-order valence-corrected chi connectivity index (χ4v) is 2.70. The second-order valence-corrected chi connectivity index (χ2v) is 5.49. The van der Waals surface area contributed by atoms with Crippen molar-refractivity contribution >= 4 is 23.7 Å². The number of nitrogens with zero attached hydrogens (tertiary/aromatic N) is 2. The molecule has 2 amide bonds. The molecule has 0 spiro atoms. The molecule has 9 nitrogen and oxygen atoms in total. The molecular weight excluding hydrogens is 344 g/mol. The Morgan fingerprint density at radius 2 is 1.65 bits per heavy atom. The van der Waals surface area contributed by atoms with Gasteiger partial charge in [0.05, 0.1) is 23.4 Å². The summed E-state index contributed by atoms with van der Waals surface area (Å²) in [5.41, 5.74) is -1.10. The molecule has 0 saturated heterocycles. The second-order valence-electron chi connectivity index (χ2n) is 5.49. The van der Waals surface area contributed by atoms with Crippen LogP contribution < -0.4 is 5.63 Å². The van der Waals surface area contributed by atoms with E-state index in [0.717, 1.165) is 4.90 Å². The van der Waals surface area contributed by atoms with Crippen LogP contribution in [0.2, 0.25) is 0 Å². The molecule has 2 aromatic rings. The van der Waals surface area contributed by atoms with Crippen LogP contribution >= 0.6 is 0 Å². The minimum absolute atomic E-state index is 0.0475. The Morgan fingerprint density at radius 1 is 1.08 bits per heavy atom. The highest BCUT2D eigenvalue weighted by atomic mass is 16.5. The van der Waals surface area contributed by atoms with Crippen LogP contribution in [-0.2, 0) is 4.74 Å². The predicted octanol–water partition coefficient (Wildman–Crippen LogP) is 0.863. The first-order chi connectivity index (χ1) is 12.4. The van der Waals surface area contributed by atoms with Gasteiger partial charge in [-0.3, -0.25) is 19.3 Å². The zero-order valence-electron chi connectivity index (χ0n) is 14.0. The number of aromatic nitrogens is 1. The molecule has 134 valence electrons. The number of carbonyl (C=O) groups excluding carboxylic acids is 4. The molecule has 1 aliphatic heterocycles. The summed E-state index contributed by atoms with van der Waals surface area (Å²) in [4.78, 5) is 61.4. The smallest absolute Gasteiger partial charge is 0.373 e. The van der Waals surface area contributed by atoms with E-state index >= 15 is 0 Å². The van der Waals surface area contributed by atoms with Crippen LogP contribution in [0.15, 0.2) is 33.6 Å². The van der Waals surface area contributed by atoms with Gasteiger partial charge in [-0.25, -0.2) is 9.59 Å². The third kappa shape index (κ3) is 2.63. The minimum Gasteiger partial charge on any atom is -0.462 e. The molecule has 0 saturated carbocycles. The van der Waals surface area contributed by atoms with Gasteiger partial charge in [-0.05, 0) is 26.0 Å². The number of esters is 1. The van der Waals surface area contributed by atoms with Crippen LogP contribution in [-0.4, -0.2) is 46.5 Å². The number of carbonyl (C=O) groups is 4. The standard InChI is InChI=1S/C17H14N2O7/c1-3-25-16(23)13-9(2)19(26-17(13)24)12(20)8-18-14(21)10-6-4-5-7-11(10)15(18)22/h4-7H,3,8H2,1-2H3. The van der Waals surface area contributed by atoms with Crippen molar-refractivity contribution in [2.24, 2.45) is 0 Å². The molecule has 2 heterocycles. The Kier molecular flexibility index (Phi) is 4.29. The van der Waals surface area contributed by atoms with Crippen molar-refractivity contribution in [3.63, 3.8) is 0 Å². The average molecular weight is 358 g/mol. The zero-order valence-corrected chi connectivity index (χ0v) is 14.0. The SMILES string of the molecule is CCOC(=O)c1c(C)n(C(=O)CN2C(=O)c3ccccc3C2=O)oc1=O. The van der Waals surface area contributed by atoms with Gasteiger partial charge >= 0.3 is 11.6 Å². The summed E-state index contributed by atoms with van der Waals surface area (Å²) in [7, 11) is 0. The molecule has 1 aromatic carbocycles. The first-order valence-corrected chi connectivity index (χ1v) is 7.75. The molecular formula is C17H14N2O7. The van der Waals surface area contributed by atoms with Gasteiger partial charge in [-0.2, -0.15) is 0 Å². The molecule has 0 atom stereocenters. The van der Waals surface area contributed by atoms with Crippen molar-refractivity contribution < 1.29 is 28.4 Å². The fraction of sp³-hybridized carbons (Fsp3) is 0.235. The summed E-state index contributed by atoms with van der Waals surface area (Å²) in [6.45, 7) is 2.32. The molecule has 9 heteroatoms. The van der Waals surface area contributed by atoms with E-state index in [0.29, 0.717) is 4.74 Å². The lowest BCUT2D eigenvalue weighted by Gasteiger charge is -2.12. The molecule has 1 aliphatic rings. The maximum absolute atomic E-state index is 12.4. The molecule has 0 bridgehead atoms. The Hall–Kier alpha value is -3.49. The van der Waals surface area contributed by atoms with Crippen molar-refractivity contribution in [3.8, 4) is 0 Å². The van der Waals surface area contributed by atoms with E-state index in [9.17, 15) is 24.0 Å². The van der Waals surface area contributed by atoms with Gasteiger partial charge in [0.2, 0.25) is 0 Å². The van der Waals surface area contributed by atoms with E-state index in [-0.39, 0.29) is 23.4 Å². The predicted molar refractivity (Wildman–Crippen MR) is 86.1 cm³/mol. The normalized spacial score (nSPS) is 13.1. The Labute approximate surface area is 146 Å². The van der Waals surface area contributed by atoms with Crippen molar-refractivity contribution in [2.45, 2.75) is 13.8 Å². The summed E-state index contributed by atoms with van der Waals surface area (Å²) in [6, 6.07) is 6.19. The van der Waals surface area contributed by atoms with Crippen molar-refractivity contribution in [3.05, 3.63) is 57.1 Å². The highest BCUT2D eigenvalue weighted by Gasteiger charge is 2.37. The van der Waals surface area contributed by atoms with Crippen LogP contribution in [0, 0.1) is 6.92 Å². The van der Waals surface area contributed by atoms with Gasteiger partial charge in [0.15, 0.2) is 5.56 Å². The number of hydrogen-bond donors (Lipinski definition) is 0. The van der Waals surface area contributed by atoms with Crippen molar-refractivity contribution in [1.82, 2.24) is 9.64 Å². The Balaban J connectivity index is 1.87. The van der Waals surface area contributed by atoms with Crippen LogP contribution in [0.1, 0.15) is 48.5 Å². The van der Waals surface area contributed by atoms with Gasteiger partial charge in [0.1, 0.15) is 6.54 Å². The molecule has 0 unspecified atom stereocenters. The summed E-state index contributed by atoms with van der Waals surface area (Å²) in [5.74, 6) is -2.98. The lowest BCUT2D eigenvalue weighted by atomic mass is 10.1. The number of rotatable bonds is 4. The largest absolute Gasteiger partial charge is 0.462 e. The number of amides is 2. The average Bonchev–Trinajstić information content (AvgIpc) is 3.04. The maximum Gasteiger partial charge on any atom is 0.373 e. The van der Waals surface area contributed by atoms with E-state index in [1.165, 1.54) is 19.1 Å². The van der Waals surface area contributed by atoms with Crippen LogP contribution in [0.5, 0.6) is 0 Å². The zero-order chi connectivity index (χ0) is 19.0. The lowest BCUT2D eigenvalue weighted by Crippen LogP contribution is -2.37. The van der Waals surface area contributed by atoms with Gasteiger partial charge in [-0.1, -0.05) is 12.1 Å². The minimum atomic E-state index is -1.03. The topological polar surface area (TPSA) is 116 Å². The molecule has 1 aromatic heterocycles. The highest BCUT2D eigenvalue weighted by Crippen LogP contribution is 2.22. The van der Waals surface area contributed by atoms with E-state index in [4.69, 9.17) is 9.26 Å². The Bertz CT molecular complexity index is 964. The molecule has 26 heavy (non-hydrogen) atoms. The second kappa shape index (κ2) is 6.43. The van der Waals surface area contributed by atoms with Crippen molar-refractivity contribution in [2.75, 3.05) is 13.2 Å². The monoisotopic (exact) mass is 358 g/mol. The highest BCUT2D eigenvalue weighted by molar-refractivity contribution is 6.22. The number of hydrogen-bond acceptors (Lipinski definition) is 7. The third-order valence-corrected chi connectivity index (χ3v) is 3.92. The van der Waals surface area contributed by atoms with Crippen molar-refractivity contribution in [1.29, 1.82) is 0 Å². The quantitative estimate of drug-likeness (QED) is 0.588. The lowest BCUT2D eigenvalue weighted by molar-refractivity contribution is 0.0522. The van der Waals surface area contributed by atoms with Gasteiger partial charge in [-0.15, -0.1) is 4.74 Å². The fourth-order valence-electron chi connectivity index (χ4n) is 2.70. The van der Waals surface area contributed by atoms with E-state index < -0.39 is 41.4 Å². The Morgan fingerprint density at radius 3 is 2.19 bits per heavy atom. The number of benzene rings is 1. The van der Waals surface area contributed by atoms with Gasteiger partial charge in [0, 0.05) is 0 Å². The van der Waals surface area contributed by atoms with E-state index in [2.05, 4.69) is 0 Å². The van der Waals surface area contributed by atoms with Crippen LogP contribution in [0.4, 0.5) is 0 Å². The first kappa shape index (κ1) is 17.3. The molecule has 0 radical (unpaired) electrons. The first-order valence-electron chi connectivity index (χ1n) is 7.75. The number of ether oxygens (including phenoxy) is 1.